The van der Waals surface area contributed by atoms with Crippen LogP contribution in [0.3, 0.4) is 0 Å². The van der Waals surface area contributed by atoms with E-state index in [1.165, 1.54) is 18.2 Å². The zero-order chi connectivity index (χ0) is 17.0. The maximum atomic E-state index is 13.8. The van der Waals surface area contributed by atoms with Gasteiger partial charge in [-0.2, -0.15) is 0 Å². The summed E-state index contributed by atoms with van der Waals surface area (Å²) < 4.78 is 46.6. The zero-order valence-electron chi connectivity index (χ0n) is 13.0. The predicted molar refractivity (Wildman–Crippen MR) is 91.0 cm³/mol. The second kappa shape index (κ2) is 7.71. The van der Waals surface area contributed by atoms with Gasteiger partial charge >= 0.3 is 0 Å². The first kappa shape index (κ1) is 17.5. The number of nitrogens with zero attached hydrogens (tertiary/aromatic N) is 1. The zero-order valence-corrected chi connectivity index (χ0v) is 14.7. The molecule has 1 atom stereocenters. The van der Waals surface area contributed by atoms with Crippen LogP contribution < -0.4 is 4.72 Å². The molecule has 1 aliphatic rings. The Bertz CT molecular complexity index is 759. The third-order valence-electron chi connectivity index (χ3n) is 3.95. The van der Waals surface area contributed by atoms with E-state index in [9.17, 15) is 12.8 Å². The summed E-state index contributed by atoms with van der Waals surface area (Å²) in [6.45, 7) is 2.93. The standard InChI is InChI=1S/C16H19FN2O3S2/c17-13-4-1-2-6-16(13)24(20,21)18-12-14(15-5-3-11-23-15)19-7-9-22-10-8-19/h1-6,11,14,18H,7-10,12H2. The van der Waals surface area contributed by atoms with E-state index < -0.39 is 15.8 Å². The van der Waals surface area contributed by atoms with Crippen LogP contribution in [0.1, 0.15) is 10.9 Å². The Morgan fingerprint density at radius 2 is 1.96 bits per heavy atom. The lowest BCUT2D eigenvalue weighted by Gasteiger charge is -2.34. The molecule has 5 nitrogen and oxygen atoms in total. The van der Waals surface area contributed by atoms with Crippen molar-refractivity contribution in [2.24, 2.45) is 0 Å². The number of hydrogen-bond donors (Lipinski definition) is 1. The molecule has 1 N–H and O–H groups in total. The second-order valence-electron chi connectivity index (χ2n) is 5.46. The summed E-state index contributed by atoms with van der Waals surface area (Å²) in [6.07, 6.45) is 0. The van der Waals surface area contributed by atoms with Gasteiger partial charge < -0.3 is 4.74 Å². The lowest BCUT2D eigenvalue weighted by Crippen LogP contribution is -2.43. The summed E-state index contributed by atoms with van der Waals surface area (Å²) in [4.78, 5) is 2.95. The van der Waals surface area contributed by atoms with Crippen molar-refractivity contribution < 1.29 is 17.5 Å². The lowest BCUT2D eigenvalue weighted by molar-refractivity contribution is 0.0179. The maximum Gasteiger partial charge on any atom is 0.243 e. The summed E-state index contributed by atoms with van der Waals surface area (Å²) in [5, 5.41) is 1.97. The van der Waals surface area contributed by atoms with E-state index in [4.69, 9.17) is 4.74 Å². The highest BCUT2D eigenvalue weighted by atomic mass is 32.2. The van der Waals surface area contributed by atoms with Gasteiger partial charge in [0.1, 0.15) is 10.7 Å². The van der Waals surface area contributed by atoms with Gasteiger partial charge in [-0.3, -0.25) is 4.90 Å². The molecule has 130 valence electrons. The van der Waals surface area contributed by atoms with Gasteiger partial charge in [-0.1, -0.05) is 18.2 Å². The largest absolute Gasteiger partial charge is 0.379 e. The molecule has 0 radical (unpaired) electrons. The molecule has 1 aromatic heterocycles. The van der Waals surface area contributed by atoms with Gasteiger partial charge in [-0.05, 0) is 23.6 Å². The molecule has 0 spiro atoms. The molecule has 0 amide bonds. The smallest absolute Gasteiger partial charge is 0.243 e. The van der Waals surface area contributed by atoms with Gasteiger partial charge in [0, 0.05) is 24.5 Å². The first-order valence-corrected chi connectivity index (χ1v) is 10.0. The van der Waals surface area contributed by atoms with Crippen molar-refractivity contribution in [2.75, 3.05) is 32.8 Å². The van der Waals surface area contributed by atoms with Crippen molar-refractivity contribution in [2.45, 2.75) is 10.9 Å². The maximum absolute atomic E-state index is 13.8. The Kier molecular flexibility index (Phi) is 5.62. The highest BCUT2D eigenvalue weighted by molar-refractivity contribution is 7.89. The fourth-order valence-electron chi connectivity index (χ4n) is 2.71. The summed E-state index contributed by atoms with van der Waals surface area (Å²) in [5.41, 5.74) is 0. The number of benzene rings is 1. The predicted octanol–water partition coefficient (Wildman–Crippen LogP) is 2.24. The second-order valence-corrected chi connectivity index (χ2v) is 8.18. The molecule has 1 saturated heterocycles. The van der Waals surface area contributed by atoms with E-state index in [1.54, 1.807) is 11.3 Å². The number of morpholine rings is 1. The fraction of sp³-hybridized carbons (Fsp3) is 0.375. The van der Waals surface area contributed by atoms with Crippen LogP contribution in [0.4, 0.5) is 4.39 Å². The molecule has 2 aromatic rings. The lowest BCUT2D eigenvalue weighted by atomic mass is 10.2. The number of rotatable bonds is 6. The Hall–Kier alpha value is -1.32. The quantitative estimate of drug-likeness (QED) is 0.847. The molecule has 1 aliphatic heterocycles. The van der Waals surface area contributed by atoms with Crippen molar-refractivity contribution in [3.63, 3.8) is 0 Å². The normalized spacial score (nSPS) is 17.7. The van der Waals surface area contributed by atoms with Crippen LogP contribution in [0, 0.1) is 5.82 Å². The molecular formula is C16H19FN2O3S2. The van der Waals surface area contributed by atoms with Crippen LogP contribution in [-0.4, -0.2) is 46.2 Å². The molecule has 0 bridgehead atoms. The van der Waals surface area contributed by atoms with Crippen LogP contribution in [0.5, 0.6) is 0 Å². The first-order valence-electron chi connectivity index (χ1n) is 7.67. The van der Waals surface area contributed by atoms with E-state index in [1.807, 2.05) is 17.5 Å². The molecule has 0 saturated carbocycles. The number of thiophene rings is 1. The van der Waals surface area contributed by atoms with Crippen LogP contribution in [0.25, 0.3) is 0 Å². The van der Waals surface area contributed by atoms with Crippen molar-refractivity contribution >= 4 is 21.4 Å². The molecular weight excluding hydrogens is 351 g/mol. The van der Waals surface area contributed by atoms with Crippen molar-refractivity contribution in [1.29, 1.82) is 0 Å². The molecule has 8 heteroatoms. The summed E-state index contributed by atoms with van der Waals surface area (Å²) in [5.74, 6) is -0.746. The van der Waals surface area contributed by atoms with Crippen LogP contribution in [0.15, 0.2) is 46.7 Å². The highest BCUT2D eigenvalue weighted by Gasteiger charge is 2.26. The Labute approximate surface area is 145 Å². The third-order valence-corrected chi connectivity index (χ3v) is 6.38. The van der Waals surface area contributed by atoms with Gasteiger partial charge in [0.05, 0.1) is 19.3 Å². The number of halogens is 1. The van der Waals surface area contributed by atoms with Crippen molar-refractivity contribution in [1.82, 2.24) is 9.62 Å². The molecule has 3 rings (SSSR count). The summed E-state index contributed by atoms with van der Waals surface area (Å²) in [6, 6.07) is 9.24. The van der Waals surface area contributed by atoms with Gasteiger partial charge in [-0.25, -0.2) is 17.5 Å². The van der Waals surface area contributed by atoms with Crippen LogP contribution in [0.2, 0.25) is 0 Å². The van der Waals surface area contributed by atoms with Crippen molar-refractivity contribution in [3.8, 4) is 0 Å². The summed E-state index contributed by atoms with van der Waals surface area (Å²) in [7, 11) is -3.89. The molecule has 24 heavy (non-hydrogen) atoms. The fourth-order valence-corrected chi connectivity index (χ4v) is 4.68. The minimum absolute atomic E-state index is 0.0875. The minimum Gasteiger partial charge on any atom is -0.379 e. The van der Waals surface area contributed by atoms with E-state index in [0.717, 1.165) is 24.0 Å². The number of ether oxygens (including phenoxy) is 1. The number of nitrogens with one attached hydrogen (secondary N) is 1. The monoisotopic (exact) mass is 370 g/mol. The topological polar surface area (TPSA) is 58.6 Å². The Balaban J connectivity index is 1.77. The molecule has 1 unspecified atom stereocenters. The van der Waals surface area contributed by atoms with E-state index in [2.05, 4.69) is 9.62 Å². The Morgan fingerprint density at radius 3 is 2.62 bits per heavy atom. The summed E-state index contributed by atoms with van der Waals surface area (Å²) >= 11 is 1.58. The van der Waals surface area contributed by atoms with E-state index in [-0.39, 0.29) is 17.5 Å². The van der Waals surface area contributed by atoms with Gasteiger partial charge in [0.15, 0.2) is 0 Å². The number of hydrogen-bond acceptors (Lipinski definition) is 5. The SMILES string of the molecule is O=S(=O)(NCC(c1cccs1)N1CCOCC1)c1ccccc1F. The van der Waals surface area contributed by atoms with Crippen LogP contribution in [-0.2, 0) is 14.8 Å². The highest BCUT2D eigenvalue weighted by Crippen LogP contribution is 2.26. The average molecular weight is 370 g/mol. The minimum atomic E-state index is -3.89. The molecule has 1 fully saturated rings. The molecule has 2 heterocycles. The van der Waals surface area contributed by atoms with Gasteiger partial charge in [0.25, 0.3) is 0 Å². The Morgan fingerprint density at radius 1 is 1.21 bits per heavy atom. The number of sulfonamides is 1. The van der Waals surface area contributed by atoms with E-state index in [0.29, 0.717) is 13.2 Å². The molecule has 1 aromatic carbocycles. The third kappa shape index (κ3) is 4.01. The average Bonchev–Trinajstić information content (AvgIpc) is 3.10. The molecule has 0 aliphatic carbocycles. The van der Waals surface area contributed by atoms with Crippen molar-refractivity contribution in [3.05, 3.63) is 52.5 Å². The van der Waals surface area contributed by atoms with Crippen LogP contribution >= 0.6 is 11.3 Å². The van der Waals surface area contributed by atoms with Gasteiger partial charge in [-0.15, -0.1) is 11.3 Å². The first-order chi connectivity index (χ1) is 11.6. The van der Waals surface area contributed by atoms with Gasteiger partial charge in [0.2, 0.25) is 10.0 Å². The van der Waals surface area contributed by atoms with E-state index >= 15 is 0 Å².